The third kappa shape index (κ3) is 6.54. The monoisotopic (exact) mass is 398 g/mol. The van der Waals surface area contributed by atoms with Crippen LogP contribution in [0, 0.1) is 12.7 Å². The van der Waals surface area contributed by atoms with E-state index in [0.717, 1.165) is 49.9 Å². The molecule has 0 spiro atoms. The minimum Gasteiger partial charge on any atom is -0.328 e. The molecule has 0 bridgehead atoms. The van der Waals surface area contributed by atoms with Crippen LogP contribution in [0.3, 0.4) is 0 Å². The maximum Gasteiger partial charge on any atom is 0.321 e. The predicted octanol–water partition coefficient (Wildman–Crippen LogP) is 4.77. The number of nitrogens with one attached hydrogen (secondary N) is 3. The van der Waals surface area contributed by atoms with Crippen LogP contribution in [0.5, 0.6) is 0 Å². The van der Waals surface area contributed by atoms with Crippen molar-refractivity contribution < 1.29 is 9.18 Å². The molecular weight excluding hydrogens is 367 g/mol. The summed E-state index contributed by atoms with van der Waals surface area (Å²) in [7, 11) is 1.83. The van der Waals surface area contributed by atoms with E-state index in [9.17, 15) is 9.18 Å². The lowest BCUT2D eigenvalue weighted by Crippen LogP contribution is -2.32. The Kier molecular flexibility index (Phi) is 7.61. The standard InChI is InChI=1S/C23H31FN4O/c1-17-7-13-20(14-8-17)25-23(29)28(2)15-5-3-4-6-21-16-22(27-26-21)18-9-11-19(24)12-10-18/h7-14,21-22,26-27H,3-6,15-16H2,1-2H3,(H,25,29). The first kappa shape index (κ1) is 21.3. The highest BCUT2D eigenvalue weighted by molar-refractivity contribution is 5.89. The van der Waals surface area contributed by atoms with Gasteiger partial charge in [-0.1, -0.05) is 42.7 Å². The molecule has 1 saturated heterocycles. The molecule has 1 heterocycles. The molecule has 1 aliphatic heterocycles. The Morgan fingerprint density at radius 2 is 1.79 bits per heavy atom. The first-order valence-electron chi connectivity index (χ1n) is 10.4. The van der Waals surface area contributed by atoms with E-state index in [0.29, 0.717) is 6.04 Å². The number of halogens is 1. The fourth-order valence-corrected chi connectivity index (χ4v) is 3.60. The van der Waals surface area contributed by atoms with E-state index in [1.165, 1.54) is 17.7 Å². The number of hydrogen-bond acceptors (Lipinski definition) is 3. The van der Waals surface area contributed by atoms with Crippen LogP contribution in [-0.4, -0.2) is 30.6 Å². The molecular formula is C23H31FN4O. The van der Waals surface area contributed by atoms with Crippen molar-refractivity contribution in [2.45, 2.75) is 51.1 Å². The van der Waals surface area contributed by atoms with Crippen LogP contribution in [0.4, 0.5) is 14.9 Å². The Hall–Kier alpha value is -2.44. The number of anilines is 1. The number of carbonyl (C=O) groups is 1. The Labute approximate surface area is 172 Å². The lowest BCUT2D eigenvalue weighted by Gasteiger charge is -2.18. The highest BCUT2D eigenvalue weighted by atomic mass is 19.1. The quantitative estimate of drug-likeness (QED) is 0.562. The van der Waals surface area contributed by atoms with Gasteiger partial charge in [0, 0.05) is 31.4 Å². The SMILES string of the molecule is Cc1ccc(NC(=O)N(C)CCCCCC2CC(c3ccc(F)cc3)NN2)cc1. The topological polar surface area (TPSA) is 56.4 Å². The maximum atomic E-state index is 13.1. The lowest BCUT2D eigenvalue weighted by atomic mass is 9.99. The van der Waals surface area contributed by atoms with Crippen molar-refractivity contribution in [2.24, 2.45) is 0 Å². The second-order valence-corrected chi connectivity index (χ2v) is 7.89. The fraction of sp³-hybridized carbons (Fsp3) is 0.435. The van der Waals surface area contributed by atoms with Gasteiger partial charge in [-0.25, -0.2) is 9.18 Å². The van der Waals surface area contributed by atoms with Gasteiger partial charge in [0.2, 0.25) is 0 Å². The molecule has 3 rings (SSSR count). The second kappa shape index (κ2) is 10.4. The summed E-state index contributed by atoms with van der Waals surface area (Å²) in [6.07, 6.45) is 5.28. The van der Waals surface area contributed by atoms with Crippen molar-refractivity contribution in [2.75, 3.05) is 18.9 Å². The van der Waals surface area contributed by atoms with E-state index in [1.807, 2.05) is 50.4 Å². The van der Waals surface area contributed by atoms with Gasteiger partial charge in [-0.3, -0.25) is 10.9 Å². The van der Waals surface area contributed by atoms with Crippen LogP contribution in [0.25, 0.3) is 0 Å². The maximum absolute atomic E-state index is 13.1. The molecule has 0 aromatic heterocycles. The van der Waals surface area contributed by atoms with Gasteiger partial charge in [-0.2, -0.15) is 0 Å². The molecule has 2 unspecified atom stereocenters. The van der Waals surface area contributed by atoms with Gasteiger partial charge in [0.1, 0.15) is 5.82 Å². The summed E-state index contributed by atoms with van der Waals surface area (Å²) in [4.78, 5) is 14.0. The summed E-state index contributed by atoms with van der Waals surface area (Å²) in [5.74, 6) is -0.200. The molecule has 156 valence electrons. The van der Waals surface area contributed by atoms with Crippen LogP contribution < -0.4 is 16.2 Å². The van der Waals surface area contributed by atoms with Crippen molar-refractivity contribution in [3.63, 3.8) is 0 Å². The first-order chi connectivity index (χ1) is 14.0. The third-order valence-electron chi connectivity index (χ3n) is 5.45. The van der Waals surface area contributed by atoms with Crippen molar-refractivity contribution in [3.8, 4) is 0 Å². The highest BCUT2D eigenvalue weighted by Gasteiger charge is 2.24. The molecule has 29 heavy (non-hydrogen) atoms. The molecule has 2 amide bonds. The Balaban J connectivity index is 1.29. The molecule has 1 aliphatic rings. The summed E-state index contributed by atoms with van der Waals surface area (Å²) >= 11 is 0. The lowest BCUT2D eigenvalue weighted by molar-refractivity contribution is 0.221. The minimum absolute atomic E-state index is 0.0716. The zero-order chi connectivity index (χ0) is 20.6. The van der Waals surface area contributed by atoms with Crippen molar-refractivity contribution in [1.29, 1.82) is 0 Å². The normalized spacial score (nSPS) is 18.6. The summed E-state index contributed by atoms with van der Waals surface area (Å²) in [6.45, 7) is 2.77. The van der Waals surface area contributed by atoms with E-state index in [1.54, 1.807) is 4.90 Å². The van der Waals surface area contributed by atoms with Crippen molar-refractivity contribution in [3.05, 3.63) is 65.5 Å². The predicted molar refractivity (Wildman–Crippen MR) is 115 cm³/mol. The van der Waals surface area contributed by atoms with Gasteiger partial charge >= 0.3 is 6.03 Å². The molecule has 2 aromatic carbocycles. The molecule has 2 aromatic rings. The molecule has 6 heteroatoms. The fourth-order valence-electron chi connectivity index (χ4n) is 3.60. The number of benzene rings is 2. The summed E-state index contributed by atoms with van der Waals surface area (Å²) in [6, 6.07) is 15.1. The molecule has 1 fully saturated rings. The highest BCUT2D eigenvalue weighted by Crippen LogP contribution is 2.24. The van der Waals surface area contributed by atoms with Gasteiger partial charge in [-0.15, -0.1) is 0 Å². The number of rotatable bonds is 8. The smallest absolute Gasteiger partial charge is 0.321 e. The van der Waals surface area contributed by atoms with Gasteiger partial charge < -0.3 is 10.2 Å². The van der Waals surface area contributed by atoms with E-state index >= 15 is 0 Å². The zero-order valence-corrected chi connectivity index (χ0v) is 17.2. The van der Waals surface area contributed by atoms with Crippen molar-refractivity contribution >= 4 is 11.7 Å². The number of hydrogen-bond donors (Lipinski definition) is 3. The molecule has 0 radical (unpaired) electrons. The zero-order valence-electron chi connectivity index (χ0n) is 17.2. The van der Waals surface area contributed by atoms with Crippen LogP contribution in [0.2, 0.25) is 0 Å². The Morgan fingerprint density at radius 3 is 2.52 bits per heavy atom. The average Bonchev–Trinajstić information content (AvgIpc) is 3.18. The summed E-state index contributed by atoms with van der Waals surface area (Å²) in [5.41, 5.74) is 9.77. The third-order valence-corrected chi connectivity index (χ3v) is 5.45. The molecule has 3 N–H and O–H groups in total. The average molecular weight is 399 g/mol. The number of urea groups is 1. The number of hydrazine groups is 1. The van der Waals surface area contributed by atoms with Gasteiger partial charge in [0.25, 0.3) is 0 Å². The second-order valence-electron chi connectivity index (χ2n) is 7.89. The van der Waals surface area contributed by atoms with Crippen LogP contribution in [-0.2, 0) is 0 Å². The number of aryl methyl sites for hydroxylation is 1. The van der Waals surface area contributed by atoms with Crippen LogP contribution >= 0.6 is 0 Å². The minimum atomic E-state index is -0.200. The van der Waals surface area contributed by atoms with Crippen LogP contribution in [0.1, 0.15) is 49.3 Å². The number of unbranched alkanes of at least 4 members (excludes halogenated alkanes) is 2. The Bertz CT molecular complexity index is 778. The molecule has 0 aliphatic carbocycles. The number of amides is 2. The van der Waals surface area contributed by atoms with Gasteiger partial charge in [0.05, 0.1) is 0 Å². The van der Waals surface area contributed by atoms with Gasteiger partial charge in [-0.05, 0) is 56.0 Å². The van der Waals surface area contributed by atoms with Gasteiger partial charge in [0.15, 0.2) is 0 Å². The van der Waals surface area contributed by atoms with E-state index in [2.05, 4.69) is 16.2 Å². The molecule has 0 saturated carbocycles. The van der Waals surface area contributed by atoms with E-state index < -0.39 is 0 Å². The number of carbonyl (C=O) groups excluding carboxylic acids is 1. The van der Waals surface area contributed by atoms with Crippen molar-refractivity contribution in [1.82, 2.24) is 15.8 Å². The van der Waals surface area contributed by atoms with E-state index in [-0.39, 0.29) is 17.9 Å². The largest absolute Gasteiger partial charge is 0.328 e. The summed E-state index contributed by atoms with van der Waals surface area (Å²) < 4.78 is 13.1. The molecule has 5 nitrogen and oxygen atoms in total. The summed E-state index contributed by atoms with van der Waals surface area (Å²) in [5, 5.41) is 2.92. The Morgan fingerprint density at radius 1 is 1.07 bits per heavy atom. The first-order valence-corrected chi connectivity index (χ1v) is 10.4. The number of nitrogens with zero attached hydrogens (tertiary/aromatic N) is 1. The van der Waals surface area contributed by atoms with E-state index in [4.69, 9.17) is 0 Å². The molecule has 2 atom stereocenters. The van der Waals surface area contributed by atoms with Crippen LogP contribution in [0.15, 0.2) is 48.5 Å².